The molecule has 1 heterocycles. The van der Waals surface area contributed by atoms with Crippen molar-refractivity contribution in [2.24, 2.45) is 5.92 Å². The third kappa shape index (κ3) is 5.47. The summed E-state index contributed by atoms with van der Waals surface area (Å²) in [5.41, 5.74) is 0.523. The molecule has 0 spiro atoms. The highest BCUT2D eigenvalue weighted by molar-refractivity contribution is 5.99. The number of piperidine rings is 1. The lowest BCUT2D eigenvalue weighted by Crippen LogP contribution is -2.41. The van der Waals surface area contributed by atoms with E-state index in [1.807, 2.05) is 0 Å². The lowest BCUT2D eigenvalue weighted by atomic mass is 9.96. The molecule has 26 heavy (non-hydrogen) atoms. The Balaban J connectivity index is 1.87. The van der Waals surface area contributed by atoms with Crippen LogP contribution in [-0.2, 0) is 9.53 Å². The van der Waals surface area contributed by atoms with Gasteiger partial charge in [-0.25, -0.2) is 4.79 Å². The van der Waals surface area contributed by atoms with Crippen molar-refractivity contribution >= 4 is 17.8 Å². The molecule has 1 aliphatic rings. The molecule has 0 aromatic heterocycles. The number of carboxylic acid groups (broad SMARTS) is 1. The van der Waals surface area contributed by atoms with Gasteiger partial charge in [0.2, 0.25) is 0 Å². The van der Waals surface area contributed by atoms with Crippen LogP contribution < -0.4 is 4.74 Å². The standard InChI is InChI=1S/C19H25NO6/c1-3-25-17(21)12-13(2)18(22)14-4-6-15(7-5-14)26-16-8-10-20(11-9-16)19(23)24/h4-7,13,16H,3,8-12H2,1-2H3,(H,23,24). The number of amides is 1. The summed E-state index contributed by atoms with van der Waals surface area (Å²) in [7, 11) is 0. The van der Waals surface area contributed by atoms with Gasteiger partial charge in [-0.2, -0.15) is 0 Å². The first-order valence-corrected chi connectivity index (χ1v) is 8.85. The van der Waals surface area contributed by atoms with Crippen LogP contribution in [0.4, 0.5) is 4.79 Å². The molecule has 1 N–H and O–H groups in total. The van der Waals surface area contributed by atoms with Gasteiger partial charge in [0, 0.05) is 37.4 Å². The van der Waals surface area contributed by atoms with Crippen LogP contribution in [0.5, 0.6) is 5.75 Å². The fraction of sp³-hybridized carbons (Fsp3) is 0.526. The van der Waals surface area contributed by atoms with E-state index in [2.05, 4.69) is 0 Å². The molecule has 0 aliphatic carbocycles. The first kappa shape index (κ1) is 19.8. The number of hydrogen-bond donors (Lipinski definition) is 1. The van der Waals surface area contributed by atoms with E-state index in [1.165, 1.54) is 4.90 Å². The van der Waals surface area contributed by atoms with Gasteiger partial charge < -0.3 is 19.5 Å². The number of ketones is 1. The average molecular weight is 363 g/mol. The number of nitrogens with zero attached hydrogens (tertiary/aromatic N) is 1. The van der Waals surface area contributed by atoms with Gasteiger partial charge in [0.15, 0.2) is 5.78 Å². The van der Waals surface area contributed by atoms with E-state index in [0.717, 1.165) is 0 Å². The van der Waals surface area contributed by atoms with Crippen molar-refractivity contribution in [1.82, 2.24) is 4.90 Å². The minimum Gasteiger partial charge on any atom is -0.490 e. The minimum atomic E-state index is -0.900. The summed E-state index contributed by atoms with van der Waals surface area (Å²) in [5.74, 6) is -0.282. The van der Waals surface area contributed by atoms with E-state index in [-0.39, 0.29) is 24.3 Å². The van der Waals surface area contributed by atoms with Gasteiger partial charge in [-0.1, -0.05) is 6.92 Å². The number of ether oxygens (including phenoxy) is 2. The van der Waals surface area contributed by atoms with Gasteiger partial charge in [-0.3, -0.25) is 9.59 Å². The van der Waals surface area contributed by atoms with Crippen molar-refractivity contribution in [3.63, 3.8) is 0 Å². The largest absolute Gasteiger partial charge is 0.490 e. The number of hydrogen-bond acceptors (Lipinski definition) is 5. The average Bonchev–Trinajstić information content (AvgIpc) is 2.62. The maximum absolute atomic E-state index is 12.4. The van der Waals surface area contributed by atoms with Crippen LogP contribution in [0.25, 0.3) is 0 Å². The lowest BCUT2D eigenvalue weighted by Gasteiger charge is -2.30. The van der Waals surface area contributed by atoms with E-state index in [9.17, 15) is 14.4 Å². The molecule has 142 valence electrons. The predicted molar refractivity (Wildman–Crippen MR) is 94.4 cm³/mol. The molecule has 7 nitrogen and oxygen atoms in total. The maximum Gasteiger partial charge on any atom is 0.407 e. The van der Waals surface area contributed by atoms with Gasteiger partial charge in [-0.15, -0.1) is 0 Å². The highest BCUT2D eigenvalue weighted by atomic mass is 16.5. The first-order valence-electron chi connectivity index (χ1n) is 8.85. The van der Waals surface area contributed by atoms with Gasteiger partial charge in [-0.05, 0) is 31.2 Å². The Bertz CT molecular complexity index is 634. The Morgan fingerprint density at radius 1 is 1.19 bits per heavy atom. The molecular weight excluding hydrogens is 338 g/mol. The van der Waals surface area contributed by atoms with Gasteiger partial charge in [0.05, 0.1) is 13.0 Å². The van der Waals surface area contributed by atoms with Crippen molar-refractivity contribution in [3.05, 3.63) is 29.8 Å². The summed E-state index contributed by atoms with van der Waals surface area (Å²) in [6.45, 7) is 4.66. The molecule has 7 heteroatoms. The van der Waals surface area contributed by atoms with Crippen LogP contribution in [0.15, 0.2) is 24.3 Å². The normalized spacial score (nSPS) is 16.0. The van der Waals surface area contributed by atoms with Crippen molar-refractivity contribution in [2.45, 2.75) is 39.2 Å². The zero-order valence-electron chi connectivity index (χ0n) is 15.1. The smallest absolute Gasteiger partial charge is 0.407 e. The highest BCUT2D eigenvalue weighted by Crippen LogP contribution is 2.21. The Labute approximate surface area is 152 Å². The zero-order chi connectivity index (χ0) is 19.1. The predicted octanol–water partition coefficient (Wildman–Crippen LogP) is 2.98. The Kier molecular flexibility index (Phi) is 7.00. The molecule has 1 aromatic carbocycles. The molecule has 0 saturated carbocycles. The summed E-state index contributed by atoms with van der Waals surface area (Å²) in [5, 5.41) is 8.95. The number of rotatable bonds is 7. The van der Waals surface area contributed by atoms with E-state index in [4.69, 9.17) is 14.6 Å². The third-order valence-electron chi connectivity index (χ3n) is 4.38. The molecule has 1 amide bonds. The van der Waals surface area contributed by atoms with E-state index in [0.29, 0.717) is 43.9 Å². The van der Waals surface area contributed by atoms with Crippen LogP contribution in [0.3, 0.4) is 0 Å². The highest BCUT2D eigenvalue weighted by Gasteiger charge is 2.24. The number of Topliss-reactive ketones (excluding diaryl/α,β-unsaturated/α-hetero) is 1. The quantitative estimate of drug-likeness (QED) is 0.591. The minimum absolute atomic E-state index is 0.0325. The van der Waals surface area contributed by atoms with E-state index >= 15 is 0 Å². The van der Waals surface area contributed by atoms with Crippen LogP contribution in [-0.4, -0.2) is 53.7 Å². The van der Waals surface area contributed by atoms with Crippen molar-refractivity contribution in [1.29, 1.82) is 0 Å². The number of carbonyl (C=O) groups is 3. The third-order valence-corrected chi connectivity index (χ3v) is 4.38. The number of benzene rings is 1. The van der Waals surface area contributed by atoms with Gasteiger partial charge in [0.25, 0.3) is 0 Å². The van der Waals surface area contributed by atoms with Gasteiger partial charge >= 0.3 is 12.1 Å². The summed E-state index contributed by atoms with van der Waals surface area (Å²) in [6.07, 6.45) is 0.415. The second kappa shape index (κ2) is 9.22. The molecule has 1 atom stereocenters. The van der Waals surface area contributed by atoms with Crippen LogP contribution in [0.2, 0.25) is 0 Å². The van der Waals surface area contributed by atoms with Crippen LogP contribution in [0, 0.1) is 5.92 Å². The van der Waals surface area contributed by atoms with Crippen LogP contribution >= 0.6 is 0 Å². The maximum atomic E-state index is 12.4. The lowest BCUT2D eigenvalue weighted by molar-refractivity contribution is -0.143. The fourth-order valence-electron chi connectivity index (χ4n) is 2.90. The summed E-state index contributed by atoms with van der Waals surface area (Å²) in [4.78, 5) is 36.2. The summed E-state index contributed by atoms with van der Waals surface area (Å²) in [6, 6.07) is 6.83. The summed E-state index contributed by atoms with van der Waals surface area (Å²) < 4.78 is 10.7. The second-order valence-corrected chi connectivity index (χ2v) is 6.39. The molecule has 1 unspecified atom stereocenters. The Morgan fingerprint density at radius 3 is 2.35 bits per heavy atom. The topological polar surface area (TPSA) is 93.1 Å². The van der Waals surface area contributed by atoms with Crippen molar-refractivity contribution < 1.29 is 29.0 Å². The van der Waals surface area contributed by atoms with Gasteiger partial charge in [0.1, 0.15) is 11.9 Å². The molecule has 1 aliphatic heterocycles. The number of esters is 1. The molecule has 1 fully saturated rings. The molecule has 1 aromatic rings. The zero-order valence-corrected chi connectivity index (χ0v) is 15.1. The molecular formula is C19H25NO6. The molecule has 2 rings (SSSR count). The van der Waals surface area contributed by atoms with Crippen molar-refractivity contribution in [2.75, 3.05) is 19.7 Å². The van der Waals surface area contributed by atoms with E-state index in [1.54, 1.807) is 38.1 Å². The number of likely N-dealkylation sites (tertiary alicyclic amines) is 1. The number of carbonyl (C=O) groups excluding carboxylic acids is 2. The SMILES string of the molecule is CCOC(=O)CC(C)C(=O)c1ccc(OC2CCN(C(=O)O)CC2)cc1. The summed E-state index contributed by atoms with van der Waals surface area (Å²) >= 11 is 0. The fourth-order valence-corrected chi connectivity index (χ4v) is 2.90. The first-order chi connectivity index (χ1) is 12.4. The monoisotopic (exact) mass is 363 g/mol. The van der Waals surface area contributed by atoms with Crippen molar-refractivity contribution in [3.8, 4) is 5.75 Å². The molecule has 0 radical (unpaired) electrons. The second-order valence-electron chi connectivity index (χ2n) is 6.39. The molecule has 0 bridgehead atoms. The Morgan fingerprint density at radius 2 is 1.81 bits per heavy atom. The Hall–Kier alpha value is -2.57. The van der Waals surface area contributed by atoms with E-state index < -0.39 is 12.0 Å². The van der Waals surface area contributed by atoms with Crippen LogP contribution in [0.1, 0.15) is 43.5 Å². The molecule has 1 saturated heterocycles.